The van der Waals surface area contributed by atoms with E-state index < -0.39 is 5.97 Å². The molecule has 2 aromatic rings. The van der Waals surface area contributed by atoms with Crippen LogP contribution in [0.2, 0.25) is 5.15 Å². The lowest BCUT2D eigenvalue weighted by Crippen LogP contribution is -2.37. The van der Waals surface area contributed by atoms with Gasteiger partial charge in [0.25, 0.3) is 5.91 Å². The van der Waals surface area contributed by atoms with E-state index in [4.69, 9.17) is 16.3 Å². The summed E-state index contributed by atoms with van der Waals surface area (Å²) in [6, 6.07) is 8.73. The van der Waals surface area contributed by atoms with Crippen LogP contribution in [-0.2, 0) is 9.53 Å². The summed E-state index contributed by atoms with van der Waals surface area (Å²) in [5.74, 6) is -0.320. The van der Waals surface area contributed by atoms with Gasteiger partial charge in [-0.05, 0) is 37.8 Å². The molecule has 1 aromatic carbocycles. The Bertz CT molecular complexity index is 759. The highest BCUT2D eigenvalue weighted by Crippen LogP contribution is 2.32. The molecule has 5 nitrogen and oxygen atoms in total. The predicted octanol–water partition coefficient (Wildman–Crippen LogP) is 2.96. The van der Waals surface area contributed by atoms with Gasteiger partial charge in [0, 0.05) is 11.4 Å². The predicted molar refractivity (Wildman–Crippen MR) is 87.4 cm³/mol. The summed E-state index contributed by atoms with van der Waals surface area (Å²) in [7, 11) is 0. The van der Waals surface area contributed by atoms with E-state index in [0.717, 1.165) is 12.8 Å². The summed E-state index contributed by atoms with van der Waals surface area (Å²) in [4.78, 5) is 28.2. The lowest BCUT2D eigenvalue weighted by molar-refractivity contribution is -0.124. The Kier molecular flexibility index (Phi) is 4.48. The monoisotopic (exact) mass is 332 g/mol. The number of nitrogens with zero attached hydrogens (tertiary/aromatic N) is 1. The molecule has 3 rings (SSSR count). The molecule has 6 heteroatoms. The Morgan fingerprint density at radius 2 is 2.13 bits per heavy atom. The summed E-state index contributed by atoms with van der Waals surface area (Å²) in [6.07, 6.45) is 2.28. The number of aromatic nitrogens is 1. The van der Waals surface area contributed by atoms with Crippen molar-refractivity contribution in [1.29, 1.82) is 0 Å². The van der Waals surface area contributed by atoms with E-state index in [1.807, 2.05) is 13.0 Å². The average molecular weight is 333 g/mol. The van der Waals surface area contributed by atoms with Crippen molar-refractivity contribution in [3.05, 3.63) is 41.0 Å². The van der Waals surface area contributed by atoms with Gasteiger partial charge in [-0.15, -0.1) is 0 Å². The van der Waals surface area contributed by atoms with E-state index in [0.29, 0.717) is 22.4 Å². The van der Waals surface area contributed by atoms with Gasteiger partial charge in [-0.25, -0.2) is 9.78 Å². The smallest absolute Gasteiger partial charge is 0.339 e. The first-order chi connectivity index (χ1) is 11.0. The van der Waals surface area contributed by atoms with Gasteiger partial charge in [-0.1, -0.05) is 29.8 Å². The van der Waals surface area contributed by atoms with Gasteiger partial charge >= 0.3 is 5.97 Å². The van der Waals surface area contributed by atoms with Crippen LogP contribution in [0.25, 0.3) is 10.9 Å². The van der Waals surface area contributed by atoms with Crippen molar-refractivity contribution >= 4 is 34.4 Å². The van der Waals surface area contributed by atoms with E-state index in [9.17, 15) is 9.59 Å². The molecule has 1 N–H and O–H groups in total. The van der Waals surface area contributed by atoms with Crippen LogP contribution in [-0.4, -0.2) is 29.5 Å². The summed E-state index contributed by atoms with van der Waals surface area (Å²) in [5.41, 5.74) is 0.919. The molecule has 0 unspecified atom stereocenters. The van der Waals surface area contributed by atoms with Crippen LogP contribution >= 0.6 is 11.6 Å². The topological polar surface area (TPSA) is 68.3 Å². The van der Waals surface area contributed by atoms with Crippen molar-refractivity contribution in [2.75, 3.05) is 6.61 Å². The van der Waals surface area contributed by atoms with E-state index in [2.05, 4.69) is 10.3 Å². The van der Waals surface area contributed by atoms with Crippen LogP contribution in [0.4, 0.5) is 0 Å². The third-order valence-electron chi connectivity index (χ3n) is 3.96. The first-order valence-corrected chi connectivity index (χ1v) is 7.94. The summed E-state index contributed by atoms with van der Waals surface area (Å²) < 4.78 is 5.12. The summed E-state index contributed by atoms with van der Waals surface area (Å²) in [5, 5.41) is 3.70. The Morgan fingerprint density at radius 1 is 1.39 bits per heavy atom. The highest BCUT2D eigenvalue weighted by atomic mass is 35.5. The maximum Gasteiger partial charge on any atom is 0.339 e. The number of halogens is 1. The van der Waals surface area contributed by atoms with Gasteiger partial charge < -0.3 is 10.1 Å². The largest absolute Gasteiger partial charge is 0.452 e. The van der Waals surface area contributed by atoms with Crippen molar-refractivity contribution in [3.8, 4) is 0 Å². The van der Waals surface area contributed by atoms with Crippen LogP contribution in [0.3, 0.4) is 0 Å². The number of fused-ring (bicyclic) bond motifs is 1. The number of nitrogens with one attached hydrogen (secondary N) is 1. The van der Waals surface area contributed by atoms with Crippen molar-refractivity contribution in [1.82, 2.24) is 10.3 Å². The molecule has 0 bridgehead atoms. The number of hydrogen-bond donors (Lipinski definition) is 1. The normalized spacial score (nSPS) is 15.2. The van der Waals surface area contributed by atoms with Crippen LogP contribution in [0.15, 0.2) is 30.3 Å². The molecule has 1 aromatic heterocycles. The Morgan fingerprint density at radius 3 is 2.87 bits per heavy atom. The van der Waals surface area contributed by atoms with Crippen molar-refractivity contribution in [2.24, 2.45) is 5.92 Å². The Labute approximate surface area is 139 Å². The van der Waals surface area contributed by atoms with Gasteiger partial charge in [-0.2, -0.15) is 0 Å². The van der Waals surface area contributed by atoms with E-state index in [1.165, 1.54) is 6.07 Å². The van der Waals surface area contributed by atoms with E-state index in [1.54, 1.807) is 18.2 Å². The molecule has 1 atom stereocenters. The third-order valence-corrected chi connectivity index (χ3v) is 4.15. The highest BCUT2D eigenvalue weighted by Gasteiger charge is 2.29. The molecule has 0 saturated heterocycles. The maximum atomic E-state index is 12.3. The second-order valence-electron chi connectivity index (χ2n) is 5.78. The standard InChI is InChI=1S/C17H17ClN2O3/c1-10(11-6-7-11)19-16(21)9-23-17(22)13-8-15(18)20-14-5-3-2-4-12(13)14/h2-5,8,10-11H,6-7,9H2,1H3,(H,19,21)/t10-/m0/s1. The minimum atomic E-state index is -0.584. The second-order valence-corrected chi connectivity index (χ2v) is 6.17. The average Bonchev–Trinajstić information content (AvgIpc) is 3.36. The van der Waals surface area contributed by atoms with Gasteiger partial charge in [-0.3, -0.25) is 4.79 Å². The SMILES string of the molecule is C[C@H](NC(=O)COC(=O)c1cc(Cl)nc2ccccc12)C1CC1. The van der Waals surface area contributed by atoms with Crippen molar-refractivity contribution in [2.45, 2.75) is 25.8 Å². The number of pyridine rings is 1. The zero-order chi connectivity index (χ0) is 16.4. The number of para-hydroxylation sites is 1. The first kappa shape index (κ1) is 15.7. The fraction of sp³-hybridized carbons (Fsp3) is 0.353. The molecule has 1 aliphatic carbocycles. The fourth-order valence-electron chi connectivity index (χ4n) is 2.53. The van der Waals surface area contributed by atoms with E-state index >= 15 is 0 Å². The molecular weight excluding hydrogens is 316 g/mol. The molecule has 0 aliphatic heterocycles. The van der Waals surface area contributed by atoms with Crippen molar-refractivity contribution in [3.63, 3.8) is 0 Å². The number of ether oxygens (including phenoxy) is 1. The fourth-order valence-corrected chi connectivity index (χ4v) is 2.73. The molecular formula is C17H17ClN2O3. The maximum absolute atomic E-state index is 12.3. The molecule has 1 fully saturated rings. The molecule has 1 saturated carbocycles. The highest BCUT2D eigenvalue weighted by molar-refractivity contribution is 6.30. The van der Waals surface area contributed by atoms with Gasteiger partial charge in [0.2, 0.25) is 0 Å². The molecule has 1 aliphatic rings. The van der Waals surface area contributed by atoms with Crippen molar-refractivity contribution < 1.29 is 14.3 Å². The second kappa shape index (κ2) is 6.54. The first-order valence-electron chi connectivity index (χ1n) is 7.56. The molecule has 0 radical (unpaired) electrons. The van der Waals surface area contributed by atoms with Crippen LogP contribution < -0.4 is 5.32 Å². The molecule has 1 amide bonds. The number of rotatable bonds is 5. The lowest BCUT2D eigenvalue weighted by atomic mass is 10.1. The zero-order valence-electron chi connectivity index (χ0n) is 12.7. The zero-order valence-corrected chi connectivity index (χ0v) is 13.5. The number of carbonyl (C=O) groups excluding carboxylic acids is 2. The summed E-state index contributed by atoms with van der Waals surface area (Å²) in [6.45, 7) is 1.66. The van der Waals surface area contributed by atoms with Crippen LogP contribution in [0, 0.1) is 5.92 Å². The molecule has 23 heavy (non-hydrogen) atoms. The minimum absolute atomic E-state index is 0.123. The molecule has 120 valence electrons. The third kappa shape index (κ3) is 3.79. The summed E-state index contributed by atoms with van der Waals surface area (Å²) >= 11 is 5.94. The number of carbonyl (C=O) groups is 2. The quantitative estimate of drug-likeness (QED) is 0.675. The van der Waals surface area contributed by atoms with Crippen LogP contribution in [0.5, 0.6) is 0 Å². The minimum Gasteiger partial charge on any atom is -0.452 e. The Hall–Kier alpha value is -2.14. The number of hydrogen-bond acceptors (Lipinski definition) is 4. The number of amides is 1. The van der Waals surface area contributed by atoms with Gasteiger partial charge in [0.05, 0.1) is 11.1 Å². The van der Waals surface area contributed by atoms with E-state index in [-0.39, 0.29) is 23.7 Å². The van der Waals surface area contributed by atoms with Crippen LogP contribution in [0.1, 0.15) is 30.1 Å². The Balaban J connectivity index is 1.67. The molecule has 0 spiro atoms. The number of benzene rings is 1. The van der Waals surface area contributed by atoms with Gasteiger partial charge in [0.15, 0.2) is 6.61 Å². The molecule has 1 heterocycles. The lowest BCUT2D eigenvalue weighted by Gasteiger charge is -2.13. The van der Waals surface area contributed by atoms with Gasteiger partial charge in [0.1, 0.15) is 5.15 Å². The number of esters is 1.